The molecule has 0 atom stereocenters. The SMILES string of the molecule is COc1cccc(-c2cc(C(=O)NCCCn3nccc3C)[nH]n2)c1. The molecular weight excluding hydrogens is 318 g/mol. The first kappa shape index (κ1) is 16.8. The Morgan fingerprint density at radius 1 is 1.32 bits per heavy atom. The molecule has 0 radical (unpaired) electrons. The molecule has 0 fully saturated rings. The maximum atomic E-state index is 12.2. The van der Waals surface area contributed by atoms with Gasteiger partial charge in [0, 0.05) is 30.5 Å². The maximum Gasteiger partial charge on any atom is 0.269 e. The van der Waals surface area contributed by atoms with Crippen LogP contribution in [0.15, 0.2) is 42.6 Å². The zero-order chi connectivity index (χ0) is 17.6. The number of rotatable bonds is 7. The Morgan fingerprint density at radius 3 is 2.96 bits per heavy atom. The Balaban J connectivity index is 1.54. The third-order valence-corrected chi connectivity index (χ3v) is 3.95. The smallest absolute Gasteiger partial charge is 0.269 e. The highest BCUT2D eigenvalue weighted by Crippen LogP contribution is 2.22. The molecule has 0 unspecified atom stereocenters. The number of ether oxygens (including phenoxy) is 1. The summed E-state index contributed by atoms with van der Waals surface area (Å²) >= 11 is 0. The summed E-state index contributed by atoms with van der Waals surface area (Å²) in [7, 11) is 1.62. The molecule has 0 aliphatic carbocycles. The van der Waals surface area contributed by atoms with Crippen LogP contribution in [0.3, 0.4) is 0 Å². The summed E-state index contributed by atoms with van der Waals surface area (Å²) in [5, 5.41) is 14.1. The van der Waals surface area contributed by atoms with Gasteiger partial charge in [0.2, 0.25) is 0 Å². The van der Waals surface area contributed by atoms with Crippen LogP contribution in [0, 0.1) is 6.92 Å². The molecule has 7 nitrogen and oxygen atoms in total. The predicted octanol–water partition coefficient (Wildman–Crippen LogP) is 2.41. The van der Waals surface area contributed by atoms with Crippen molar-refractivity contribution < 1.29 is 9.53 Å². The van der Waals surface area contributed by atoms with Gasteiger partial charge in [0.15, 0.2) is 0 Å². The second-order valence-corrected chi connectivity index (χ2v) is 5.70. The van der Waals surface area contributed by atoms with Gasteiger partial charge in [0.25, 0.3) is 5.91 Å². The van der Waals surface area contributed by atoms with Gasteiger partial charge in [-0.1, -0.05) is 12.1 Å². The van der Waals surface area contributed by atoms with Crippen LogP contribution in [0.4, 0.5) is 0 Å². The Kier molecular flexibility index (Phi) is 5.13. The van der Waals surface area contributed by atoms with Gasteiger partial charge in [-0.3, -0.25) is 14.6 Å². The number of aryl methyl sites for hydroxylation is 2. The highest BCUT2D eigenvalue weighted by atomic mass is 16.5. The van der Waals surface area contributed by atoms with Crippen LogP contribution in [0.1, 0.15) is 22.6 Å². The highest BCUT2D eigenvalue weighted by Gasteiger charge is 2.11. The van der Waals surface area contributed by atoms with Crippen LogP contribution < -0.4 is 10.1 Å². The molecule has 3 aromatic rings. The highest BCUT2D eigenvalue weighted by molar-refractivity contribution is 5.93. The third-order valence-electron chi connectivity index (χ3n) is 3.95. The molecular formula is C18H21N5O2. The summed E-state index contributed by atoms with van der Waals surface area (Å²) in [6, 6.07) is 11.3. The lowest BCUT2D eigenvalue weighted by Gasteiger charge is -2.05. The van der Waals surface area contributed by atoms with Crippen molar-refractivity contribution in [3.8, 4) is 17.0 Å². The van der Waals surface area contributed by atoms with Crippen molar-refractivity contribution in [1.82, 2.24) is 25.3 Å². The Bertz CT molecular complexity index is 853. The van der Waals surface area contributed by atoms with Gasteiger partial charge in [0.1, 0.15) is 11.4 Å². The van der Waals surface area contributed by atoms with E-state index in [9.17, 15) is 4.79 Å². The molecule has 1 aromatic carbocycles. The van der Waals surface area contributed by atoms with Crippen LogP contribution in [-0.2, 0) is 6.54 Å². The molecule has 0 spiro atoms. The van der Waals surface area contributed by atoms with Crippen molar-refractivity contribution in [2.75, 3.05) is 13.7 Å². The van der Waals surface area contributed by atoms with E-state index < -0.39 is 0 Å². The number of aromatic nitrogens is 4. The number of aromatic amines is 1. The van der Waals surface area contributed by atoms with Gasteiger partial charge in [-0.05, 0) is 37.6 Å². The fraction of sp³-hybridized carbons (Fsp3) is 0.278. The number of carbonyl (C=O) groups is 1. The Labute approximate surface area is 146 Å². The first-order valence-electron chi connectivity index (χ1n) is 8.14. The number of amides is 1. The van der Waals surface area contributed by atoms with E-state index in [1.54, 1.807) is 19.4 Å². The van der Waals surface area contributed by atoms with Gasteiger partial charge >= 0.3 is 0 Å². The van der Waals surface area contributed by atoms with Crippen molar-refractivity contribution in [1.29, 1.82) is 0 Å². The molecule has 0 aliphatic heterocycles. The van der Waals surface area contributed by atoms with E-state index >= 15 is 0 Å². The van der Waals surface area contributed by atoms with E-state index in [0.29, 0.717) is 17.9 Å². The van der Waals surface area contributed by atoms with Crippen molar-refractivity contribution in [3.63, 3.8) is 0 Å². The quantitative estimate of drug-likeness (QED) is 0.647. The van der Waals surface area contributed by atoms with E-state index in [1.807, 2.05) is 41.9 Å². The molecule has 2 aromatic heterocycles. The molecule has 2 N–H and O–H groups in total. The number of hydrogen-bond acceptors (Lipinski definition) is 4. The summed E-state index contributed by atoms with van der Waals surface area (Å²) in [5.41, 5.74) is 3.15. The van der Waals surface area contributed by atoms with Gasteiger partial charge in [0.05, 0.1) is 12.8 Å². The molecule has 1 amide bonds. The minimum Gasteiger partial charge on any atom is -0.497 e. The topological polar surface area (TPSA) is 84.8 Å². The van der Waals surface area contributed by atoms with Crippen LogP contribution in [0.5, 0.6) is 5.75 Å². The number of nitrogens with one attached hydrogen (secondary N) is 2. The zero-order valence-corrected chi connectivity index (χ0v) is 14.3. The molecule has 2 heterocycles. The molecule has 130 valence electrons. The number of nitrogens with zero attached hydrogens (tertiary/aromatic N) is 3. The van der Waals surface area contributed by atoms with Crippen molar-refractivity contribution in [2.45, 2.75) is 19.9 Å². The Hall–Kier alpha value is -3.09. The zero-order valence-electron chi connectivity index (χ0n) is 14.3. The minimum absolute atomic E-state index is 0.168. The average molecular weight is 339 g/mol. The van der Waals surface area contributed by atoms with E-state index in [1.165, 1.54) is 0 Å². The number of methoxy groups -OCH3 is 1. The number of H-pyrrole nitrogens is 1. The lowest BCUT2D eigenvalue weighted by atomic mass is 10.1. The normalized spacial score (nSPS) is 10.6. The van der Waals surface area contributed by atoms with Crippen molar-refractivity contribution in [3.05, 3.63) is 54.0 Å². The molecule has 7 heteroatoms. The number of hydrogen-bond donors (Lipinski definition) is 2. The second kappa shape index (κ2) is 7.65. The van der Waals surface area contributed by atoms with Gasteiger partial charge in [-0.15, -0.1) is 0 Å². The Morgan fingerprint density at radius 2 is 2.20 bits per heavy atom. The van der Waals surface area contributed by atoms with Crippen molar-refractivity contribution >= 4 is 5.91 Å². The van der Waals surface area contributed by atoms with Gasteiger partial charge < -0.3 is 10.1 Å². The maximum absolute atomic E-state index is 12.2. The molecule has 25 heavy (non-hydrogen) atoms. The number of benzene rings is 1. The lowest BCUT2D eigenvalue weighted by Crippen LogP contribution is -2.25. The second-order valence-electron chi connectivity index (χ2n) is 5.70. The fourth-order valence-corrected chi connectivity index (χ4v) is 2.53. The lowest BCUT2D eigenvalue weighted by molar-refractivity contribution is 0.0947. The van der Waals surface area contributed by atoms with E-state index in [2.05, 4.69) is 20.6 Å². The summed E-state index contributed by atoms with van der Waals surface area (Å²) in [4.78, 5) is 12.2. The van der Waals surface area contributed by atoms with Gasteiger partial charge in [-0.25, -0.2) is 0 Å². The van der Waals surface area contributed by atoms with Crippen molar-refractivity contribution in [2.24, 2.45) is 0 Å². The monoisotopic (exact) mass is 339 g/mol. The van der Waals surface area contributed by atoms with E-state index in [4.69, 9.17) is 4.74 Å². The summed E-state index contributed by atoms with van der Waals surface area (Å²) in [5.74, 6) is 0.583. The average Bonchev–Trinajstić information content (AvgIpc) is 3.28. The fourth-order valence-electron chi connectivity index (χ4n) is 2.53. The molecule has 0 saturated carbocycles. The first-order chi connectivity index (χ1) is 12.2. The summed E-state index contributed by atoms with van der Waals surface area (Å²) in [6.45, 7) is 3.36. The van der Waals surface area contributed by atoms with E-state index in [-0.39, 0.29) is 5.91 Å². The van der Waals surface area contributed by atoms with Gasteiger partial charge in [-0.2, -0.15) is 10.2 Å². The number of carbonyl (C=O) groups excluding carboxylic acids is 1. The molecule has 3 rings (SSSR count). The standard InChI is InChI=1S/C18H21N5O2/c1-13-7-9-20-23(13)10-4-8-19-18(24)17-12-16(21-22-17)14-5-3-6-15(11-14)25-2/h3,5-7,9,11-12H,4,8,10H2,1-2H3,(H,19,24)(H,21,22). The minimum atomic E-state index is -0.168. The van der Waals surface area contributed by atoms with Crippen LogP contribution in [-0.4, -0.2) is 39.5 Å². The van der Waals surface area contributed by atoms with Crippen LogP contribution >= 0.6 is 0 Å². The predicted molar refractivity (Wildman–Crippen MR) is 94.5 cm³/mol. The van der Waals surface area contributed by atoms with E-state index in [0.717, 1.165) is 30.0 Å². The van der Waals surface area contributed by atoms with Crippen LogP contribution in [0.2, 0.25) is 0 Å². The molecule has 0 saturated heterocycles. The summed E-state index contributed by atoms with van der Waals surface area (Å²) < 4.78 is 7.13. The van der Waals surface area contributed by atoms with Crippen LogP contribution in [0.25, 0.3) is 11.3 Å². The molecule has 0 bridgehead atoms. The third kappa shape index (κ3) is 4.06. The molecule has 0 aliphatic rings. The first-order valence-corrected chi connectivity index (χ1v) is 8.14. The summed E-state index contributed by atoms with van der Waals surface area (Å²) in [6.07, 6.45) is 2.59. The largest absolute Gasteiger partial charge is 0.497 e.